The van der Waals surface area contributed by atoms with Crippen molar-refractivity contribution in [3.05, 3.63) is 125 Å². The number of carboxylic acid groups (broad SMARTS) is 1. The maximum atomic E-state index is 14.2. The summed E-state index contributed by atoms with van der Waals surface area (Å²) in [4.78, 5) is 91.5. The molecule has 0 fully saturated rings. The Morgan fingerprint density at radius 3 is 1.80 bits per heavy atom. The minimum Gasteiger partial charge on any atom is -0.481 e. The van der Waals surface area contributed by atoms with Gasteiger partial charge in [-0.05, 0) is 65.2 Å². The highest BCUT2D eigenvalue weighted by atomic mass is 16.5. The minimum atomic E-state index is -1.76. The van der Waals surface area contributed by atoms with Crippen LogP contribution in [0.4, 0.5) is 4.79 Å². The van der Waals surface area contributed by atoms with Gasteiger partial charge in [-0.25, -0.2) is 4.79 Å². The Labute approximate surface area is 381 Å². The number of fused-ring (bicyclic) bond motifs is 3. The summed E-state index contributed by atoms with van der Waals surface area (Å²) in [6.07, 6.45) is -2.23. The van der Waals surface area contributed by atoms with Gasteiger partial charge in [0.05, 0.1) is 6.61 Å². The second-order valence-corrected chi connectivity index (χ2v) is 15.7. The zero-order valence-corrected chi connectivity index (χ0v) is 36.1. The first-order valence-corrected chi connectivity index (χ1v) is 21.3. The molecule has 0 spiro atoms. The third kappa shape index (κ3) is 13.9. The van der Waals surface area contributed by atoms with Gasteiger partial charge in [-0.1, -0.05) is 103 Å². The minimum absolute atomic E-state index is 0.0191. The van der Waals surface area contributed by atoms with E-state index in [0.717, 1.165) is 22.3 Å². The average Bonchev–Trinajstić information content (AvgIpc) is 3.62. The number of carbonyl (C=O) groups excluding carboxylic acids is 6. The van der Waals surface area contributed by atoms with Crippen LogP contribution in [0, 0.1) is 0 Å². The van der Waals surface area contributed by atoms with Crippen LogP contribution < -0.4 is 43.1 Å². The topological polar surface area (TPSA) is 308 Å². The molecule has 0 aliphatic heterocycles. The van der Waals surface area contributed by atoms with Crippen LogP contribution in [0.25, 0.3) is 11.1 Å². The fraction of sp³-hybridized carbons (Fsp3) is 0.326. The summed E-state index contributed by atoms with van der Waals surface area (Å²) >= 11 is 0. The number of alkyl carbamates (subject to hydrolysis) is 1. The standard InChI is InChI=1S/C46H54BN7O12/c1-27(41(48)58)50-42(59)36(19-20-40(56)57)51-43(60)37(21-22-49-24-29-13-5-10-18-35(29)47(64)65)52-44(61)38(23-28-11-3-2-4-12-28)53-45(62)39(25-55)54-46(63)66-26-34-32-16-8-6-14-30(32)31-15-7-9-17-33(31)34/h2-18,27,34,36-39,49,55,64-65H,19-26H2,1H3,(H2,48,58)(H,50,59)(H,51,60)(H,52,61)(H,53,62)(H,54,63)(H,56,57)/t27-,36-,37-,38-,39-/m0/s1. The molecule has 0 heterocycles. The lowest BCUT2D eigenvalue weighted by Crippen LogP contribution is -2.60. The first-order chi connectivity index (χ1) is 31.7. The molecule has 348 valence electrons. The van der Waals surface area contributed by atoms with E-state index in [2.05, 4.69) is 31.9 Å². The molecule has 19 nitrogen and oxygen atoms in total. The molecule has 1 aliphatic carbocycles. The van der Waals surface area contributed by atoms with Gasteiger partial charge >= 0.3 is 19.2 Å². The lowest BCUT2D eigenvalue weighted by Gasteiger charge is -2.27. The lowest BCUT2D eigenvalue weighted by atomic mass is 9.77. The SMILES string of the molecule is C[C@H](NC(=O)[C@H](CCC(=O)O)NC(=O)[C@H](CCNCc1ccccc1B(O)O)NC(=O)[C@H](Cc1ccccc1)NC(=O)[C@H](CO)NC(=O)OCC1c2ccccc2-c2ccccc21)C(N)=O. The number of nitrogens with one attached hydrogen (secondary N) is 6. The number of nitrogens with two attached hydrogens (primary N) is 1. The van der Waals surface area contributed by atoms with Crippen molar-refractivity contribution in [3.63, 3.8) is 0 Å². The predicted octanol–water partition coefficient (Wildman–Crippen LogP) is -0.702. The number of hydrogen-bond donors (Lipinski definition) is 11. The Balaban J connectivity index is 1.32. The van der Waals surface area contributed by atoms with E-state index >= 15 is 0 Å². The summed E-state index contributed by atoms with van der Waals surface area (Å²) in [6, 6.07) is 23.4. The molecule has 20 heteroatoms. The van der Waals surface area contributed by atoms with Crippen molar-refractivity contribution in [2.45, 2.75) is 75.3 Å². The molecule has 12 N–H and O–H groups in total. The Kier molecular flexibility index (Phi) is 18.3. The zero-order valence-electron chi connectivity index (χ0n) is 36.1. The number of aliphatic hydroxyl groups is 1. The number of aliphatic hydroxyl groups excluding tert-OH is 1. The molecule has 0 saturated heterocycles. The van der Waals surface area contributed by atoms with Gasteiger partial charge in [0.15, 0.2) is 0 Å². The van der Waals surface area contributed by atoms with Crippen LogP contribution in [-0.2, 0) is 46.5 Å². The number of carboxylic acids is 1. The predicted molar refractivity (Wildman–Crippen MR) is 241 cm³/mol. The number of carbonyl (C=O) groups is 7. The van der Waals surface area contributed by atoms with Gasteiger partial charge < -0.3 is 62.6 Å². The molecular weight excluding hydrogens is 853 g/mol. The van der Waals surface area contributed by atoms with E-state index in [-0.39, 0.29) is 43.9 Å². The van der Waals surface area contributed by atoms with Crippen molar-refractivity contribution in [2.75, 3.05) is 19.8 Å². The van der Waals surface area contributed by atoms with Crippen molar-refractivity contribution >= 4 is 54.2 Å². The van der Waals surface area contributed by atoms with Crippen LogP contribution in [0.15, 0.2) is 103 Å². The van der Waals surface area contributed by atoms with Gasteiger partial charge in [-0.15, -0.1) is 0 Å². The summed E-state index contributed by atoms with van der Waals surface area (Å²) < 4.78 is 5.57. The Morgan fingerprint density at radius 2 is 1.20 bits per heavy atom. The van der Waals surface area contributed by atoms with E-state index in [9.17, 15) is 53.8 Å². The molecule has 0 radical (unpaired) electrons. The van der Waals surface area contributed by atoms with E-state index in [1.54, 1.807) is 48.5 Å². The van der Waals surface area contributed by atoms with Gasteiger partial charge in [0, 0.05) is 25.3 Å². The second-order valence-electron chi connectivity index (χ2n) is 15.7. The molecule has 66 heavy (non-hydrogen) atoms. The molecule has 0 unspecified atom stereocenters. The lowest BCUT2D eigenvalue weighted by molar-refractivity contribution is -0.138. The fourth-order valence-electron chi connectivity index (χ4n) is 7.46. The van der Waals surface area contributed by atoms with Crippen LogP contribution in [-0.4, -0.2) is 119 Å². The number of benzene rings is 4. The first-order valence-electron chi connectivity index (χ1n) is 21.3. The monoisotopic (exact) mass is 907 g/mol. The zero-order chi connectivity index (χ0) is 47.8. The molecule has 0 aromatic heterocycles. The highest BCUT2D eigenvalue weighted by molar-refractivity contribution is 6.59. The van der Waals surface area contributed by atoms with Crippen LogP contribution in [0.1, 0.15) is 54.4 Å². The number of aliphatic carboxylic acids is 1. The quantitative estimate of drug-likeness (QED) is 0.0307. The van der Waals surface area contributed by atoms with E-state index < -0.39 is 98.4 Å². The molecule has 4 aromatic rings. The Hall–Kier alpha value is -7.13. The van der Waals surface area contributed by atoms with Gasteiger partial charge in [0.1, 0.15) is 36.8 Å². The van der Waals surface area contributed by atoms with Gasteiger partial charge in [0.2, 0.25) is 29.5 Å². The van der Waals surface area contributed by atoms with Crippen LogP contribution >= 0.6 is 0 Å². The number of ether oxygens (including phenoxy) is 1. The smallest absolute Gasteiger partial charge is 0.481 e. The van der Waals surface area contributed by atoms with Gasteiger partial charge in [-0.3, -0.25) is 28.8 Å². The molecule has 0 bridgehead atoms. The molecule has 4 aromatic carbocycles. The maximum absolute atomic E-state index is 14.2. The highest BCUT2D eigenvalue weighted by Crippen LogP contribution is 2.44. The first kappa shape index (κ1) is 49.9. The van der Waals surface area contributed by atoms with Gasteiger partial charge in [0.25, 0.3) is 0 Å². The molecule has 1 aliphatic rings. The number of amides is 6. The van der Waals surface area contributed by atoms with E-state index in [1.807, 2.05) is 48.5 Å². The van der Waals surface area contributed by atoms with Crippen molar-refractivity contribution in [1.82, 2.24) is 31.9 Å². The van der Waals surface area contributed by atoms with Gasteiger partial charge in [-0.2, -0.15) is 0 Å². The van der Waals surface area contributed by atoms with Crippen LogP contribution in [0.3, 0.4) is 0 Å². The number of rotatable bonds is 24. The number of hydrogen-bond acceptors (Lipinski definition) is 12. The Morgan fingerprint density at radius 1 is 0.667 bits per heavy atom. The third-order valence-electron chi connectivity index (χ3n) is 11.0. The summed E-state index contributed by atoms with van der Waals surface area (Å²) in [6.45, 7) is 0.476. The van der Waals surface area contributed by atoms with E-state index in [4.69, 9.17) is 10.5 Å². The summed E-state index contributed by atoms with van der Waals surface area (Å²) in [5.41, 5.74) is 10.6. The number of primary amides is 1. The van der Waals surface area contributed by atoms with Crippen molar-refractivity contribution in [1.29, 1.82) is 0 Å². The summed E-state index contributed by atoms with van der Waals surface area (Å²) in [7, 11) is -1.76. The molecule has 5 rings (SSSR count). The van der Waals surface area contributed by atoms with Crippen molar-refractivity contribution in [2.24, 2.45) is 5.73 Å². The van der Waals surface area contributed by atoms with E-state index in [0.29, 0.717) is 11.1 Å². The van der Waals surface area contributed by atoms with Crippen LogP contribution in [0.5, 0.6) is 0 Å². The average molecular weight is 908 g/mol. The normalized spacial score (nSPS) is 13.9. The Bertz CT molecular complexity index is 2310. The molecule has 5 atom stereocenters. The van der Waals surface area contributed by atoms with Crippen LogP contribution in [0.2, 0.25) is 0 Å². The summed E-state index contributed by atoms with van der Waals surface area (Å²) in [5.74, 6) is -6.12. The summed E-state index contributed by atoms with van der Waals surface area (Å²) in [5, 5.41) is 54.7. The molecular formula is C46H54BN7O12. The maximum Gasteiger partial charge on any atom is 0.488 e. The fourth-order valence-corrected chi connectivity index (χ4v) is 7.46. The third-order valence-corrected chi connectivity index (χ3v) is 11.0. The van der Waals surface area contributed by atoms with Crippen molar-refractivity contribution in [3.8, 4) is 11.1 Å². The van der Waals surface area contributed by atoms with E-state index in [1.165, 1.54) is 13.0 Å². The second kappa shape index (κ2) is 24.2. The van der Waals surface area contributed by atoms with Crippen molar-refractivity contribution < 1.29 is 58.6 Å². The highest BCUT2D eigenvalue weighted by Gasteiger charge is 2.34. The molecule has 6 amide bonds. The molecule has 0 saturated carbocycles. The largest absolute Gasteiger partial charge is 0.488 e.